The number of furan rings is 1. The first kappa shape index (κ1) is 20.2. The molecule has 2 aliphatic rings. The highest BCUT2D eigenvalue weighted by atomic mass is 35.5. The third kappa shape index (κ3) is 4.11. The van der Waals surface area contributed by atoms with Gasteiger partial charge in [0.1, 0.15) is 17.9 Å². The van der Waals surface area contributed by atoms with E-state index in [4.69, 9.17) is 20.8 Å². The van der Waals surface area contributed by atoms with Crippen LogP contribution in [0.1, 0.15) is 43.2 Å². The normalized spacial score (nSPS) is 19.4. The first-order valence-electron chi connectivity index (χ1n) is 9.81. The molecular formula is C22H21ClN2O5. The largest absolute Gasteiger partial charge is 0.459 e. The molecule has 1 atom stereocenters. The summed E-state index contributed by atoms with van der Waals surface area (Å²) in [6.45, 7) is 1.57. The molecule has 1 fully saturated rings. The minimum atomic E-state index is -1.18. The van der Waals surface area contributed by atoms with Gasteiger partial charge in [0, 0.05) is 16.3 Å². The van der Waals surface area contributed by atoms with Crippen LogP contribution in [0.25, 0.3) is 11.3 Å². The van der Waals surface area contributed by atoms with Crippen molar-refractivity contribution in [1.82, 2.24) is 10.6 Å². The maximum absolute atomic E-state index is 13.1. The molecule has 1 aliphatic carbocycles. The second-order valence-corrected chi connectivity index (χ2v) is 7.85. The smallest absolute Gasteiger partial charge is 0.338 e. The van der Waals surface area contributed by atoms with Crippen LogP contribution in [0.2, 0.25) is 5.02 Å². The zero-order chi connectivity index (χ0) is 21.3. The predicted molar refractivity (Wildman–Crippen MR) is 110 cm³/mol. The molecule has 2 N–H and O–H groups in total. The number of allylic oxidation sites excluding steroid dienone is 1. The van der Waals surface area contributed by atoms with Crippen molar-refractivity contribution >= 4 is 29.4 Å². The van der Waals surface area contributed by atoms with Crippen LogP contribution in [0.3, 0.4) is 0 Å². The number of esters is 1. The number of carbonyl (C=O) groups excluding carboxylic acids is 3. The van der Waals surface area contributed by atoms with Gasteiger partial charge >= 0.3 is 12.0 Å². The Labute approximate surface area is 178 Å². The first-order valence-corrected chi connectivity index (χ1v) is 10.2. The fraction of sp³-hybridized carbons (Fsp3) is 0.318. The number of carbonyl (C=O) groups is 3. The minimum absolute atomic E-state index is 0.0334. The van der Waals surface area contributed by atoms with E-state index in [1.54, 1.807) is 37.3 Å². The topological polar surface area (TPSA) is 97.6 Å². The van der Waals surface area contributed by atoms with E-state index >= 15 is 0 Å². The predicted octanol–water partition coefficient (Wildman–Crippen LogP) is 4.22. The Kier molecular flexibility index (Phi) is 5.63. The monoisotopic (exact) mass is 428 g/mol. The molecule has 4 rings (SSSR count). The number of hydrogen-bond donors (Lipinski definition) is 2. The van der Waals surface area contributed by atoms with E-state index in [1.165, 1.54) is 6.07 Å². The maximum Gasteiger partial charge on any atom is 0.338 e. The lowest BCUT2D eigenvalue weighted by Crippen LogP contribution is -2.53. The number of hydrogen-bond acceptors (Lipinski definition) is 5. The molecule has 30 heavy (non-hydrogen) atoms. The second kappa shape index (κ2) is 8.36. The van der Waals surface area contributed by atoms with Crippen LogP contribution in [0.5, 0.6) is 0 Å². The third-order valence-electron chi connectivity index (χ3n) is 5.30. The lowest BCUT2D eigenvalue weighted by molar-refractivity contribution is -0.144. The van der Waals surface area contributed by atoms with Gasteiger partial charge in [0.15, 0.2) is 5.76 Å². The molecule has 1 aromatic heterocycles. The number of ether oxygens (including phenoxy) is 1. The minimum Gasteiger partial charge on any atom is -0.459 e. The number of rotatable bonds is 5. The van der Waals surface area contributed by atoms with Gasteiger partial charge in [-0.2, -0.15) is 0 Å². The molecule has 2 aromatic rings. The Balaban J connectivity index is 1.59. The van der Waals surface area contributed by atoms with Gasteiger partial charge in [0.25, 0.3) is 0 Å². The van der Waals surface area contributed by atoms with Gasteiger partial charge in [-0.25, -0.2) is 9.59 Å². The van der Waals surface area contributed by atoms with Gasteiger partial charge in [-0.1, -0.05) is 11.6 Å². The van der Waals surface area contributed by atoms with Crippen LogP contribution < -0.4 is 10.6 Å². The number of urea groups is 1. The molecule has 156 valence electrons. The Bertz CT molecular complexity index is 1020. The molecule has 1 aromatic carbocycles. The Morgan fingerprint density at radius 2 is 1.80 bits per heavy atom. The highest BCUT2D eigenvalue weighted by Crippen LogP contribution is 2.27. The van der Waals surface area contributed by atoms with Crippen molar-refractivity contribution in [2.75, 3.05) is 0 Å². The molecule has 2 amide bonds. The Morgan fingerprint density at radius 3 is 2.50 bits per heavy atom. The number of Topliss-reactive ketones (excluding diaryl/α,β-unsaturated/α-hetero) is 1. The van der Waals surface area contributed by atoms with Gasteiger partial charge in [0.2, 0.25) is 5.78 Å². The fourth-order valence-corrected chi connectivity index (χ4v) is 3.89. The van der Waals surface area contributed by atoms with E-state index < -0.39 is 23.8 Å². The summed E-state index contributed by atoms with van der Waals surface area (Å²) in [5.41, 5.74) is 1.14. The van der Waals surface area contributed by atoms with Crippen LogP contribution >= 0.6 is 11.6 Å². The molecule has 0 spiro atoms. The van der Waals surface area contributed by atoms with E-state index in [0.717, 1.165) is 31.2 Å². The number of benzene rings is 1. The van der Waals surface area contributed by atoms with Crippen LogP contribution in [-0.4, -0.2) is 29.9 Å². The molecule has 1 saturated carbocycles. The van der Waals surface area contributed by atoms with Gasteiger partial charge in [-0.15, -0.1) is 0 Å². The van der Waals surface area contributed by atoms with Crippen molar-refractivity contribution in [1.29, 1.82) is 0 Å². The van der Waals surface area contributed by atoms with E-state index in [-0.39, 0.29) is 17.4 Å². The van der Waals surface area contributed by atoms with E-state index in [2.05, 4.69) is 10.6 Å². The molecule has 1 unspecified atom stereocenters. The average molecular weight is 429 g/mol. The lowest BCUT2D eigenvalue weighted by atomic mass is 9.97. The molecule has 8 heteroatoms. The average Bonchev–Trinajstić information content (AvgIpc) is 3.39. The van der Waals surface area contributed by atoms with Gasteiger partial charge in [-0.3, -0.25) is 4.79 Å². The summed E-state index contributed by atoms with van der Waals surface area (Å²) >= 11 is 5.91. The summed E-state index contributed by atoms with van der Waals surface area (Å²) in [6.07, 6.45) is 3.46. The van der Waals surface area contributed by atoms with E-state index in [1.807, 2.05) is 0 Å². The highest BCUT2D eigenvalue weighted by molar-refractivity contribution is 6.30. The van der Waals surface area contributed by atoms with E-state index in [0.29, 0.717) is 16.5 Å². The second-order valence-electron chi connectivity index (χ2n) is 7.42. The van der Waals surface area contributed by atoms with Crippen LogP contribution in [-0.2, 0) is 9.53 Å². The van der Waals surface area contributed by atoms with Crippen molar-refractivity contribution in [2.24, 2.45) is 0 Å². The van der Waals surface area contributed by atoms with Crippen molar-refractivity contribution in [3.05, 3.63) is 58.5 Å². The molecule has 0 bridgehead atoms. The van der Waals surface area contributed by atoms with Crippen molar-refractivity contribution < 1.29 is 23.5 Å². The maximum atomic E-state index is 13.1. The molecule has 1 aliphatic heterocycles. The molecular weight excluding hydrogens is 408 g/mol. The number of halogens is 1. The molecule has 0 radical (unpaired) electrons. The van der Waals surface area contributed by atoms with Crippen molar-refractivity contribution in [3.63, 3.8) is 0 Å². The summed E-state index contributed by atoms with van der Waals surface area (Å²) in [5, 5.41) is 5.65. The summed E-state index contributed by atoms with van der Waals surface area (Å²) in [5.74, 6) is -0.616. The van der Waals surface area contributed by atoms with E-state index in [9.17, 15) is 14.4 Å². The third-order valence-corrected chi connectivity index (χ3v) is 5.56. The van der Waals surface area contributed by atoms with Crippen molar-refractivity contribution in [2.45, 2.75) is 44.8 Å². The standard InChI is InChI=1S/C22H21ClN2O5/c1-12-18(21(27)29-15-4-2-3-5-15)19(25-22(28)24-12)20(26)17-11-10-16(30-17)13-6-8-14(23)9-7-13/h6-11,15,19H,2-5H2,1H3,(H2,24,25,28). The zero-order valence-electron chi connectivity index (χ0n) is 16.4. The number of ketones is 1. The van der Waals surface area contributed by atoms with Gasteiger partial charge < -0.3 is 19.8 Å². The highest BCUT2D eigenvalue weighted by Gasteiger charge is 2.38. The zero-order valence-corrected chi connectivity index (χ0v) is 17.1. The van der Waals surface area contributed by atoms with Crippen LogP contribution in [0.4, 0.5) is 4.79 Å². The Hall–Kier alpha value is -3.06. The fourth-order valence-electron chi connectivity index (χ4n) is 3.76. The van der Waals surface area contributed by atoms with Gasteiger partial charge in [0.05, 0.1) is 5.57 Å². The van der Waals surface area contributed by atoms with Crippen molar-refractivity contribution in [3.8, 4) is 11.3 Å². The Morgan fingerprint density at radius 1 is 1.10 bits per heavy atom. The molecule has 7 nitrogen and oxygen atoms in total. The summed E-state index contributed by atoms with van der Waals surface area (Å²) in [6, 6.07) is 8.42. The van der Waals surface area contributed by atoms with Crippen LogP contribution in [0.15, 0.2) is 52.1 Å². The lowest BCUT2D eigenvalue weighted by Gasteiger charge is -2.27. The summed E-state index contributed by atoms with van der Waals surface area (Å²) in [4.78, 5) is 37.9. The van der Waals surface area contributed by atoms with Gasteiger partial charge in [-0.05, 0) is 69.0 Å². The summed E-state index contributed by atoms with van der Waals surface area (Å²) in [7, 11) is 0. The van der Waals surface area contributed by atoms with Crippen LogP contribution in [0, 0.1) is 0 Å². The summed E-state index contributed by atoms with van der Waals surface area (Å²) < 4.78 is 11.3. The first-order chi connectivity index (χ1) is 14.4. The number of nitrogens with one attached hydrogen (secondary N) is 2. The molecule has 0 saturated heterocycles. The quantitative estimate of drug-likeness (QED) is 0.548. The number of amides is 2. The SMILES string of the molecule is CC1=C(C(=O)OC2CCCC2)C(C(=O)c2ccc(-c3ccc(Cl)cc3)o2)NC(=O)N1. The molecule has 2 heterocycles.